The first kappa shape index (κ1) is 19.4. The number of hydrogen-bond acceptors (Lipinski definition) is 5. The molecule has 3 rings (SSSR count). The Bertz CT molecular complexity index is 880. The van der Waals surface area contributed by atoms with Gasteiger partial charge in [0.15, 0.2) is 6.26 Å². The van der Waals surface area contributed by atoms with Crippen LogP contribution >= 0.6 is 0 Å². The molecule has 6 nitrogen and oxygen atoms in total. The van der Waals surface area contributed by atoms with E-state index in [-0.39, 0.29) is 16.2 Å². The summed E-state index contributed by atoms with van der Waals surface area (Å²) in [6, 6.07) is 3.95. The summed E-state index contributed by atoms with van der Waals surface area (Å²) in [7, 11) is 0. The van der Waals surface area contributed by atoms with Crippen molar-refractivity contribution in [1.82, 2.24) is 10.3 Å². The third-order valence-corrected chi connectivity index (χ3v) is 4.98. The van der Waals surface area contributed by atoms with E-state index in [1.807, 2.05) is 17.1 Å². The molecule has 3 aromatic rings. The van der Waals surface area contributed by atoms with E-state index in [1.54, 1.807) is 6.20 Å². The minimum Gasteiger partial charge on any atom is -0.361 e. The largest absolute Gasteiger partial charge is 0.361 e. The van der Waals surface area contributed by atoms with Crippen LogP contribution in [0.3, 0.4) is 0 Å². The van der Waals surface area contributed by atoms with Crippen molar-refractivity contribution in [3.05, 3.63) is 53.6 Å². The highest BCUT2D eigenvalue weighted by molar-refractivity contribution is 5.20. The SMILES string of the molecule is CC(C)(C)c1cc(CC(C)(C)c2co[n+](CC(C)(C)c3ccno3)c2)on1. The summed E-state index contributed by atoms with van der Waals surface area (Å²) < 4.78 is 18.5. The Kier molecular flexibility index (Phi) is 4.78. The van der Waals surface area contributed by atoms with Gasteiger partial charge in [-0.05, 0) is 18.6 Å². The molecule has 0 aliphatic heterocycles. The summed E-state index contributed by atoms with van der Waals surface area (Å²) in [6.45, 7) is 15.6. The minimum absolute atomic E-state index is 0.0170. The Morgan fingerprint density at radius 1 is 1.00 bits per heavy atom. The maximum Gasteiger partial charge on any atom is 0.223 e. The first-order valence-corrected chi connectivity index (χ1v) is 9.34. The molecule has 0 aliphatic rings. The van der Waals surface area contributed by atoms with Crippen molar-refractivity contribution in [3.8, 4) is 0 Å². The zero-order valence-corrected chi connectivity index (χ0v) is 17.4. The van der Waals surface area contributed by atoms with Crippen molar-refractivity contribution in [1.29, 1.82) is 0 Å². The first-order valence-electron chi connectivity index (χ1n) is 9.34. The van der Waals surface area contributed by atoms with Gasteiger partial charge in [0, 0.05) is 29.4 Å². The molecule has 0 radical (unpaired) electrons. The third-order valence-electron chi connectivity index (χ3n) is 4.98. The van der Waals surface area contributed by atoms with Crippen LogP contribution in [0.25, 0.3) is 0 Å². The van der Waals surface area contributed by atoms with Gasteiger partial charge in [-0.2, -0.15) is 0 Å². The predicted octanol–water partition coefficient (Wildman–Crippen LogP) is 4.34. The van der Waals surface area contributed by atoms with Crippen molar-refractivity contribution in [3.63, 3.8) is 0 Å². The lowest BCUT2D eigenvalue weighted by molar-refractivity contribution is -0.868. The second-order valence-electron chi connectivity index (χ2n) is 9.63. The van der Waals surface area contributed by atoms with E-state index in [0.717, 1.165) is 29.2 Å². The predicted molar refractivity (Wildman–Crippen MR) is 100 cm³/mol. The number of rotatable bonds is 6. The minimum atomic E-state index is -0.215. The molecule has 0 spiro atoms. The van der Waals surface area contributed by atoms with Crippen LogP contribution in [-0.2, 0) is 29.2 Å². The smallest absolute Gasteiger partial charge is 0.223 e. The van der Waals surface area contributed by atoms with Gasteiger partial charge < -0.3 is 9.05 Å². The molecular formula is C21H30N3O3+. The van der Waals surface area contributed by atoms with E-state index >= 15 is 0 Å². The van der Waals surface area contributed by atoms with Crippen molar-refractivity contribution in [2.75, 3.05) is 0 Å². The van der Waals surface area contributed by atoms with Crippen LogP contribution in [0.1, 0.15) is 71.2 Å². The lowest BCUT2D eigenvalue weighted by Gasteiger charge is -2.19. The normalized spacial score (nSPS) is 13.3. The van der Waals surface area contributed by atoms with Gasteiger partial charge in [0.1, 0.15) is 11.5 Å². The molecule has 0 N–H and O–H groups in total. The quantitative estimate of drug-likeness (QED) is 0.602. The Labute approximate surface area is 160 Å². The molecule has 27 heavy (non-hydrogen) atoms. The van der Waals surface area contributed by atoms with E-state index in [0.29, 0.717) is 6.54 Å². The van der Waals surface area contributed by atoms with Gasteiger partial charge in [-0.3, -0.25) is 0 Å². The second kappa shape index (κ2) is 6.66. The van der Waals surface area contributed by atoms with Crippen LogP contribution in [-0.4, -0.2) is 10.3 Å². The topological polar surface area (TPSA) is 69.1 Å². The van der Waals surface area contributed by atoms with Crippen molar-refractivity contribution in [2.45, 2.75) is 77.7 Å². The summed E-state index contributed by atoms with van der Waals surface area (Å²) in [4.78, 5) is 0. The Hall–Kier alpha value is -2.37. The number of nitrogens with zero attached hydrogens (tertiary/aromatic N) is 3. The molecule has 0 aromatic carbocycles. The fraction of sp³-hybridized carbons (Fsp3) is 0.571. The first-order chi connectivity index (χ1) is 12.5. The van der Waals surface area contributed by atoms with Crippen LogP contribution in [0.5, 0.6) is 0 Å². The molecule has 0 amide bonds. The van der Waals surface area contributed by atoms with Gasteiger partial charge in [-0.25, -0.2) is 4.52 Å². The monoisotopic (exact) mass is 372 g/mol. The van der Waals surface area contributed by atoms with Crippen LogP contribution in [0.4, 0.5) is 0 Å². The van der Waals surface area contributed by atoms with E-state index in [4.69, 9.17) is 13.6 Å². The Morgan fingerprint density at radius 3 is 2.33 bits per heavy atom. The summed E-state index contributed by atoms with van der Waals surface area (Å²) in [6.07, 6.45) is 6.29. The standard InChI is InChI=1S/C21H30N3O3/c1-19(2,3)17-10-16(26-23-17)11-20(4,5)15-12-24(25-13-15)14-21(6,7)18-8-9-22-27-18/h8-10,12-13H,11,14H2,1-7H3/q+1. The van der Waals surface area contributed by atoms with Crippen molar-refractivity contribution in [2.24, 2.45) is 0 Å². The van der Waals surface area contributed by atoms with Gasteiger partial charge in [0.25, 0.3) is 0 Å². The average Bonchev–Trinajstić information content (AvgIpc) is 3.27. The lowest BCUT2D eigenvalue weighted by Crippen LogP contribution is -2.41. The zero-order chi connectivity index (χ0) is 19.9. The molecule has 0 bridgehead atoms. The fourth-order valence-electron chi connectivity index (χ4n) is 3.08. The summed E-state index contributed by atoms with van der Waals surface area (Å²) in [5.74, 6) is 1.73. The molecule has 146 valence electrons. The summed E-state index contributed by atoms with van der Waals surface area (Å²) >= 11 is 0. The van der Waals surface area contributed by atoms with Gasteiger partial charge in [0.05, 0.1) is 22.9 Å². The molecule has 0 fully saturated rings. The molecule has 3 aromatic heterocycles. The number of aromatic nitrogens is 3. The molecule has 0 aliphatic carbocycles. The molecule has 0 saturated carbocycles. The molecule has 6 heteroatoms. The molecule has 3 heterocycles. The van der Waals surface area contributed by atoms with Crippen molar-refractivity contribution < 1.29 is 18.3 Å². The van der Waals surface area contributed by atoms with Gasteiger partial charge in [0.2, 0.25) is 12.7 Å². The maximum absolute atomic E-state index is 5.79. The summed E-state index contributed by atoms with van der Waals surface area (Å²) in [5.41, 5.74) is 1.72. The number of hydrogen-bond donors (Lipinski definition) is 0. The summed E-state index contributed by atoms with van der Waals surface area (Å²) in [5, 5.41) is 8.04. The van der Waals surface area contributed by atoms with Crippen LogP contribution in [0.2, 0.25) is 0 Å². The Balaban J connectivity index is 1.73. The van der Waals surface area contributed by atoms with E-state index in [1.165, 1.54) is 0 Å². The highest BCUT2D eigenvalue weighted by Crippen LogP contribution is 2.30. The fourth-order valence-corrected chi connectivity index (χ4v) is 3.08. The Morgan fingerprint density at radius 2 is 1.74 bits per heavy atom. The molecular weight excluding hydrogens is 342 g/mol. The third kappa shape index (κ3) is 4.31. The van der Waals surface area contributed by atoms with Crippen LogP contribution in [0.15, 0.2) is 44.4 Å². The van der Waals surface area contributed by atoms with Gasteiger partial charge >= 0.3 is 0 Å². The zero-order valence-electron chi connectivity index (χ0n) is 17.4. The highest BCUT2D eigenvalue weighted by Gasteiger charge is 2.34. The van der Waals surface area contributed by atoms with E-state index in [9.17, 15) is 0 Å². The second-order valence-corrected chi connectivity index (χ2v) is 9.63. The van der Waals surface area contributed by atoms with Crippen LogP contribution in [0, 0.1) is 0 Å². The van der Waals surface area contributed by atoms with Gasteiger partial charge in [-0.1, -0.05) is 44.9 Å². The molecule has 0 atom stereocenters. The van der Waals surface area contributed by atoms with Crippen molar-refractivity contribution >= 4 is 0 Å². The highest BCUT2D eigenvalue weighted by atomic mass is 16.5. The molecule has 0 unspecified atom stereocenters. The average molecular weight is 372 g/mol. The lowest BCUT2D eigenvalue weighted by atomic mass is 9.82. The van der Waals surface area contributed by atoms with Crippen LogP contribution < -0.4 is 4.74 Å². The van der Waals surface area contributed by atoms with Gasteiger partial charge in [-0.15, -0.1) is 0 Å². The maximum atomic E-state index is 5.79. The molecule has 0 saturated heterocycles. The van der Waals surface area contributed by atoms with E-state index in [2.05, 4.69) is 71.0 Å². The van der Waals surface area contributed by atoms with E-state index < -0.39 is 0 Å².